The van der Waals surface area contributed by atoms with E-state index in [1.807, 2.05) is 7.05 Å². The van der Waals surface area contributed by atoms with Crippen LogP contribution in [0.15, 0.2) is 0 Å². The van der Waals surface area contributed by atoms with Crippen LogP contribution < -0.4 is 9.80 Å². The molecule has 2 rings (SSSR count). The van der Waals surface area contributed by atoms with Gasteiger partial charge in [-0.15, -0.1) is 0 Å². The van der Waals surface area contributed by atoms with Crippen molar-refractivity contribution in [3.05, 3.63) is 5.28 Å². The second-order valence-electron chi connectivity index (χ2n) is 5.07. The first kappa shape index (κ1) is 14.3. The van der Waals surface area contributed by atoms with Crippen molar-refractivity contribution in [2.75, 3.05) is 29.9 Å². The number of rotatable bonds is 6. The first-order valence-corrected chi connectivity index (χ1v) is 7.34. The van der Waals surface area contributed by atoms with Crippen LogP contribution in [0.1, 0.15) is 33.6 Å². The second-order valence-corrected chi connectivity index (χ2v) is 5.40. The first-order chi connectivity index (χ1) is 9.06. The molecular formula is C13H22ClN5. The molecule has 106 valence electrons. The van der Waals surface area contributed by atoms with Gasteiger partial charge in [0.15, 0.2) is 0 Å². The molecule has 1 aliphatic rings. The molecule has 1 saturated carbocycles. The third-order valence-electron chi connectivity index (χ3n) is 3.86. The molecule has 0 aromatic carbocycles. The first-order valence-electron chi connectivity index (χ1n) is 6.96. The summed E-state index contributed by atoms with van der Waals surface area (Å²) in [6, 6.07) is 0.447. The van der Waals surface area contributed by atoms with E-state index in [2.05, 4.69) is 45.5 Å². The van der Waals surface area contributed by atoms with Gasteiger partial charge in [-0.1, -0.05) is 0 Å². The lowest BCUT2D eigenvalue weighted by molar-refractivity contribution is 0.595. The van der Waals surface area contributed by atoms with Crippen LogP contribution in [0, 0.1) is 5.92 Å². The van der Waals surface area contributed by atoms with Crippen molar-refractivity contribution in [3.8, 4) is 0 Å². The predicted molar refractivity (Wildman–Crippen MR) is 79.0 cm³/mol. The van der Waals surface area contributed by atoms with Gasteiger partial charge in [-0.2, -0.15) is 15.0 Å². The van der Waals surface area contributed by atoms with Crippen LogP contribution in [-0.2, 0) is 0 Å². The van der Waals surface area contributed by atoms with Crippen LogP contribution in [-0.4, -0.2) is 41.1 Å². The SMILES string of the molecule is CCN(CC)c1nc(Cl)nc(N(C)C(C)C2CC2)n1. The fraction of sp³-hybridized carbons (Fsp3) is 0.769. The average molecular weight is 284 g/mol. The van der Waals surface area contributed by atoms with Gasteiger partial charge in [-0.25, -0.2) is 0 Å². The molecular weight excluding hydrogens is 262 g/mol. The van der Waals surface area contributed by atoms with Crippen molar-refractivity contribution in [1.82, 2.24) is 15.0 Å². The zero-order valence-electron chi connectivity index (χ0n) is 12.1. The molecule has 1 aliphatic carbocycles. The smallest absolute Gasteiger partial charge is 0.231 e. The summed E-state index contributed by atoms with van der Waals surface area (Å²) in [6.45, 7) is 8.09. The summed E-state index contributed by atoms with van der Waals surface area (Å²) >= 11 is 6.04. The Morgan fingerprint density at radius 2 is 1.74 bits per heavy atom. The Balaban J connectivity index is 2.24. The molecule has 0 amide bonds. The van der Waals surface area contributed by atoms with E-state index in [9.17, 15) is 0 Å². The third-order valence-corrected chi connectivity index (χ3v) is 4.03. The van der Waals surface area contributed by atoms with Crippen molar-refractivity contribution in [1.29, 1.82) is 0 Å². The zero-order valence-corrected chi connectivity index (χ0v) is 12.9. The summed E-state index contributed by atoms with van der Waals surface area (Å²) < 4.78 is 0. The van der Waals surface area contributed by atoms with Crippen LogP contribution >= 0.6 is 11.6 Å². The maximum Gasteiger partial charge on any atom is 0.231 e. The van der Waals surface area contributed by atoms with Gasteiger partial charge in [0.05, 0.1) is 0 Å². The Hall–Kier alpha value is -1.10. The highest BCUT2D eigenvalue weighted by Gasteiger charge is 2.31. The minimum atomic E-state index is 0.266. The Labute approximate surface area is 120 Å². The van der Waals surface area contributed by atoms with E-state index in [-0.39, 0.29) is 5.28 Å². The van der Waals surface area contributed by atoms with E-state index in [0.717, 1.165) is 19.0 Å². The van der Waals surface area contributed by atoms with Gasteiger partial charge in [0.1, 0.15) is 0 Å². The minimum Gasteiger partial charge on any atom is -0.341 e. The zero-order chi connectivity index (χ0) is 14.0. The summed E-state index contributed by atoms with van der Waals surface area (Å²) in [6.07, 6.45) is 2.60. The van der Waals surface area contributed by atoms with Crippen molar-refractivity contribution >= 4 is 23.5 Å². The summed E-state index contributed by atoms with van der Waals surface area (Å²) in [5.41, 5.74) is 0. The number of hydrogen-bond donors (Lipinski definition) is 0. The maximum atomic E-state index is 6.04. The monoisotopic (exact) mass is 283 g/mol. The van der Waals surface area contributed by atoms with Gasteiger partial charge in [0.25, 0.3) is 0 Å². The molecule has 0 saturated heterocycles. The van der Waals surface area contributed by atoms with Gasteiger partial charge >= 0.3 is 0 Å². The molecule has 0 radical (unpaired) electrons. The molecule has 5 nitrogen and oxygen atoms in total. The highest BCUT2D eigenvalue weighted by Crippen LogP contribution is 2.35. The fourth-order valence-electron chi connectivity index (χ4n) is 2.21. The molecule has 0 spiro atoms. The van der Waals surface area contributed by atoms with Gasteiger partial charge in [-0.05, 0) is 51.1 Å². The number of nitrogens with zero attached hydrogens (tertiary/aromatic N) is 5. The molecule has 1 atom stereocenters. The van der Waals surface area contributed by atoms with E-state index in [1.165, 1.54) is 12.8 Å². The molecule has 1 aromatic rings. The molecule has 0 N–H and O–H groups in total. The lowest BCUT2D eigenvalue weighted by Gasteiger charge is -2.26. The van der Waals surface area contributed by atoms with E-state index in [0.29, 0.717) is 17.9 Å². The minimum absolute atomic E-state index is 0.266. The van der Waals surface area contributed by atoms with Crippen molar-refractivity contribution < 1.29 is 0 Å². The summed E-state index contributed by atoms with van der Waals surface area (Å²) in [7, 11) is 2.03. The topological polar surface area (TPSA) is 45.2 Å². The van der Waals surface area contributed by atoms with E-state index in [1.54, 1.807) is 0 Å². The lowest BCUT2D eigenvalue weighted by atomic mass is 10.2. The Bertz CT molecular complexity index is 431. The van der Waals surface area contributed by atoms with E-state index in [4.69, 9.17) is 11.6 Å². The molecule has 0 bridgehead atoms. The van der Waals surface area contributed by atoms with Crippen LogP contribution in [0.4, 0.5) is 11.9 Å². The molecule has 1 heterocycles. The third kappa shape index (κ3) is 3.26. The number of aromatic nitrogens is 3. The summed E-state index contributed by atoms with van der Waals surface area (Å²) in [5.74, 6) is 2.09. The molecule has 1 aromatic heterocycles. The Morgan fingerprint density at radius 3 is 2.26 bits per heavy atom. The highest BCUT2D eigenvalue weighted by atomic mass is 35.5. The summed E-state index contributed by atoms with van der Waals surface area (Å²) in [4.78, 5) is 17.2. The average Bonchev–Trinajstić information content (AvgIpc) is 3.22. The van der Waals surface area contributed by atoms with Crippen LogP contribution in [0.3, 0.4) is 0 Å². The van der Waals surface area contributed by atoms with Crippen LogP contribution in [0.25, 0.3) is 0 Å². The molecule has 19 heavy (non-hydrogen) atoms. The fourth-order valence-corrected chi connectivity index (χ4v) is 2.36. The van der Waals surface area contributed by atoms with Gasteiger partial charge in [0.2, 0.25) is 17.2 Å². The largest absolute Gasteiger partial charge is 0.341 e. The van der Waals surface area contributed by atoms with E-state index >= 15 is 0 Å². The molecule has 1 unspecified atom stereocenters. The maximum absolute atomic E-state index is 6.04. The predicted octanol–water partition coefficient (Wildman–Crippen LogP) is 2.61. The quantitative estimate of drug-likeness (QED) is 0.803. The van der Waals surface area contributed by atoms with E-state index < -0.39 is 0 Å². The molecule has 6 heteroatoms. The second kappa shape index (κ2) is 5.90. The number of halogens is 1. The van der Waals surface area contributed by atoms with Crippen LogP contribution in [0.5, 0.6) is 0 Å². The number of anilines is 2. The Morgan fingerprint density at radius 1 is 1.16 bits per heavy atom. The van der Waals surface area contributed by atoms with Gasteiger partial charge in [0, 0.05) is 26.2 Å². The van der Waals surface area contributed by atoms with Gasteiger partial charge in [-0.3, -0.25) is 0 Å². The highest BCUT2D eigenvalue weighted by molar-refractivity contribution is 6.28. The summed E-state index contributed by atoms with van der Waals surface area (Å²) in [5, 5.41) is 0.266. The van der Waals surface area contributed by atoms with Crippen molar-refractivity contribution in [3.63, 3.8) is 0 Å². The molecule has 0 aliphatic heterocycles. The van der Waals surface area contributed by atoms with Gasteiger partial charge < -0.3 is 9.80 Å². The standard InChI is InChI=1S/C13H22ClN5/c1-5-19(6-2)13-16-11(14)15-12(17-13)18(4)9(3)10-7-8-10/h9-10H,5-8H2,1-4H3. The lowest BCUT2D eigenvalue weighted by Crippen LogP contribution is -2.33. The molecule has 1 fully saturated rings. The normalized spacial score (nSPS) is 16.3. The van der Waals surface area contributed by atoms with Crippen molar-refractivity contribution in [2.45, 2.75) is 39.7 Å². The number of hydrogen-bond acceptors (Lipinski definition) is 5. The Kier molecular flexibility index (Phi) is 4.45. The van der Waals surface area contributed by atoms with Crippen molar-refractivity contribution in [2.24, 2.45) is 5.92 Å². The van der Waals surface area contributed by atoms with Crippen LogP contribution in [0.2, 0.25) is 5.28 Å².